The van der Waals surface area contributed by atoms with Gasteiger partial charge < -0.3 is 4.42 Å². The first-order valence-electron chi connectivity index (χ1n) is 4.61. The summed E-state index contributed by atoms with van der Waals surface area (Å²) in [6.45, 7) is 1.85. The smallest absolute Gasteiger partial charge is 0.148 e. The van der Waals surface area contributed by atoms with Crippen LogP contribution in [0.15, 0.2) is 45.8 Å². The van der Waals surface area contributed by atoms with Crippen molar-refractivity contribution in [3.8, 4) is 0 Å². The predicted octanol–water partition coefficient (Wildman–Crippen LogP) is 3.48. The van der Waals surface area contributed by atoms with E-state index in [0.29, 0.717) is 11.4 Å². The van der Waals surface area contributed by atoms with Crippen molar-refractivity contribution >= 4 is 11.9 Å². The van der Waals surface area contributed by atoms with Crippen LogP contribution >= 0.6 is 0 Å². The second kappa shape index (κ2) is 4.09. The minimum Gasteiger partial charge on any atom is -0.460 e. The van der Waals surface area contributed by atoms with Gasteiger partial charge in [-0.25, -0.2) is 9.38 Å². The van der Waals surface area contributed by atoms with Crippen LogP contribution in [0.5, 0.6) is 0 Å². The highest BCUT2D eigenvalue weighted by Crippen LogP contribution is 2.16. The van der Waals surface area contributed by atoms with Gasteiger partial charge in [-0.2, -0.15) is 0 Å². The molecule has 1 aromatic carbocycles. The van der Waals surface area contributed by atoms with Crippen molar-refractivity contribution in [2.45, 2.75) is 6.92 Å². The highest BCUT2D eigenvalue weighted by molar-refractivity contribution is 5.78. The lowest BCUT2D eigenvalue weighted by molar-refractivity contribution is 0.528. The van der Waals surface area contributed by atoms with Crippen molar-refractivity contribution in [3.05, 3.63) is 53.7 Å². The third-order valence-electron chi connectivity index (χ3n) is 1.94. The van der Waals surface area contributed by atoms with Crippen LogP contribution in [-0.2, 0) is 0 Å². The summed E-state index contributed by atoms with van der Waals surface area (Å²) in [5, 5.41) is 0. The van der Waals surface area contributed by atoms with Gasteiger partial charge >= 0.3 is 0 Å². The topological polar surface area (TPSA) is 25.5 Å². The average Bonchev–Trinajstić information content (AvgIpc) is 2.63. The van der Waals surface area contributed by atoms with Gasteiger partial charge in [0.2, 0.25) is 0 Å². The lowest BCUT2D eigenvalue weighted by atomic mass is 10.3. The zero-order valence-electron chi connectivity index (χ0n) is 8.27. The van der Waals surface area contributed by atoms with Gasteiger partial charge in [-0.1, -0.05) is 12.1 Å². The van der Waals surface area contributed by atoms with Crippen LogP contribution in [0, 0.1) is 12.7 Å². The number of furan rings is 1. The normalized spacial score (nSPS) is 11.1. The van der Waals surface area contributed by atoms with Gasteiger partial charge in [0.15, 0.2) is 0 Å². The molecule has 0 aliphatic carbocycles. The molecule has 15 heavy (non-hydrogen) atoms. The number of aliphatic imine (C=N–C) groups is 1. The highest BCUT2D eigenvalue weighted by Gasteiger charge is 1.97. The molecule has 1 heterocycles. The molecule has 0 amide bonds. The van der Waals surface area contributed by atoms with Crippen molar-refractivity contribution in [3.63, 3.8) is 0 Å². The molecule has 0 aliphatic heterocycles. The molecular formula is C12H10FNO. The number of aryl methyl sites for hydroxylation is 1. The standard InChI is InChI=1S/C12H10FNO/c1-9-6-7-10(15-9)8-14-12-5-3-2-4-11(12)13/h2-8H,1H3/b14-8+. The van der Waals surface area contributed by atoms with Crippen molar-refractivity contribution in [1.82, 2.24) is 0 Å². The molecule has 0 bridgehead atoms. The lowest BCUT2D eigenvalue weighted by Gasteiger charge is -1.93. The SMILES string of the molecule is Cc1ccc(/C=N/c2ccccc2F)o1. The third-order valence-corrected chi connectivity index (χ3v) is 1.94. The number of rotatable bonds is 2. The Balaban J connectivity index is 2.22. The summed E-state index contributed by atoms with van der Waals surface area (Å²) in [6.07, 6.45) is 1.51. The first-order chi connectivity index (χ1) is 7.25. The Morgan fingerprint density at radius 2 is 2.00 bits per heavy atom. The Kier molecular flexibility index (Phi) is 2.63. The summed E-state index contributed by atoms with van der Waals surface area (Å²) in [6, 6.07) is 9.98. The second-order valence-corrected chi connectivity index (χ2v) is 3.16. The molecule has 0 saturated carbocycles. The molecule has 0 aliphatic rings. The van der Waals surface area contributed by atoms with E-state index in [1.807, 2.05) is 13.0 Å². The zero-order chi connectivity index (χ0) is 10.7. The minimum atomic E-state index is -0.336. The Morgan fingerprint density at radius 3 is 2.67 bits per heavy atom. The molecule has 0 spiro atoms. The quantitative estimate of drug-likeness (QED) is 0.686. The summed E-state index contributed by atoms with van der Waals surface area (Å²) < 4.78 is 18.4. The van der Waals surface area contributed by atoms with Gasteiger partial charge in [0.25, 0.3) is 0 Å². The van der Waals surface area contributed by atoms with Crippen LogP contribution in [0.25, 0.3) is 0 Å². The van der Waals surface area contributed by atoms with Gasteiger partial charge in [0, 0.05) is 0 Å². The molecular weight excluding hydrogens is 193 g/mol. The fourth-order valence-corrected chi connectivity index (χ4v) is 1.21. The Morgan fingerprint density at radius 1 is 1.20 bits per heavy atom. The molecule has 0 saturated heterocycles. The van der Waals surface area contributed by atoms with Crippen LogP contribution < -0.4 is 0 Å². The maximum Gasteiger partial charge on any atom is 0.148 e. The molecule has 2 rings (SSSR count). The number of halogens is 1. The van der Waals surface area contributed by atoms with E-state index in [4.69, 9.17) is 4.42 Å². The van der Waals surface area contributed by atoms with Gasteiger partial charge in [-0.15, -0.1) is 0 Å². The minimum absolute atomic E-state index is 0.312. The molecule has 0 fully saturated rings. The summed E-state index contributed by atoms with van der Waals surface area (Å²) in [5.74, 6) is 1.10. The van der Waals surface area contributed by atoms with E-state index in [1.54, 1.807) is 24.3 Å². The van der Waals surface area contributed by atoms with E-state index in [1.165, 1.54) is 12.3 Å². The van der Waals surface area contributed by atoms with Gasteiger partial charge in [-0.05, 0) is 31.2 Å². The van der Waals surface area contributed by atoms with Crippen molar-refractivity contribution < 1.29 is 8.81 Å². The van der Waals surface area contributed by atoms with Gasteiger partial charge in [-0.3, -0.25) is 0 Å². The molecule has 2 nitrogen and oxygen atoms in total. The van der Waals surface area contributed by atoms with Crippen LogP contribution in [-0.4, -0.2) is 6.21 Å². The fraction of sp³-hybridized carbons (Fsp3) is 0.0833. The number of benzene rings is 1. The maximum absolute atomic E-state index is 13.2. The van der Waals surface area contributed by atoms with Crippen molar-refractivity contribution in [1.29, 1.82) is 0 Å². The number of hydrogen-bond acceptors (Lipinski definition) is 2. The summed E-state index contributed by atoms with van der Waals surface area (Å²) in [5.41, 5.74) is 0.312. The average molecular weight is 203 g/mol. The maximum atomic E-state index is 13.2. The molecule has 3 heteroatoms. The van der Waals surface area contributed by atoms with Crippen molar-refractivity contribution in [2.24, 2.45) is 4.99 Å². The molecule has 0 N–H and O–H groups in total. The summed E-state index contributed by atoms with van der Waals surface area (Å²) in [4.78, 5) is 4.00. The molecule has 0 unspecified atom stereocenters. The zero-order valence-corrected chi connectivity index (χ0v) is 8.27. The number of nitrogens with zero attached hydrogens (tertiary/aromatic N) is 1. The molecule has 0 radical (unpaired) electrons. The van der Waals surface area contributed by atoms with E-state index >= 15 is 0 Å². The first kappa shape index (κ1) is 9.65. The predicted molar refractivity (Wildman–Crippen MR) is 57.1 cm³/mol. The third kappa shape index (κ3) is 2.31. The van der Waals surface area contributed by atoms with Crippen LogP contribution in [0.3, 0.4) is 0 Å². The van der Waals surface area contributed by atoms with E-state index in [9.17, 15) is 4.39 Å². The lowest BCUT2D eigenvalue weighted by Crippen LogP contribution is -1.77. The van der Waals surface area contributed by atoms with Crippen LogP contribution in [0.1, 0.15) is 11.5 Å². The summed E-state index contributed by atoms with van der Waals surface area (Å²) in [7, 11) is 0. The second-order valence-electron chi connectivity index (χ2n) is 3.16. The van der Waals surface area contributed by atoms with Crippen LogP contribution in [0.4, 0.5) is 10.1 Å². The number of hydrogen-bond donors (Lipinski definition) is 0. The highest BCUT2D eigenvalue weighted by atomic mass is 19.1. The summed E-state index contributed by atoms with van der Waals surface area (Å²) >= 11 is 0. The van der Waals surface area contributed by atoms with E-state index in [2.05, 4.69) is 4.99 Å². The van der Waals surface area contributed by atoms with Gasteiger partial charge in [0.1, 0.15) is 17.3 Å². The molecule has 76 valence electrons. The van der Waals surface area contributed by atoms with Gasteiger partial charge in [0.05, 0.1) is 11.9 Å². The van der Waals surface area contributed by atoms with E-state index < -0.39 is 0 Å². The largest absolute Gasteiger partial charge is 0.460 e. The first-order valence-corrected chi connectivity index (χ1v) is 4.61. The molecule has 0 atom stereocenters. The molecule has 1 aromatic heterocycles. The monoisotopic (exact) mass is 203 g/mol. The van der Waals surface area contributed by atoms with E-state index in [-0.39, 0.29) is 5.82 Å². The van der Waals surface area contributed by atoms with Crippen LogP contribution in [0.2, 0.25) is 0 Å². The Hall–Kier alpha value is -1.90. The number of para-hydroxylation sites is 1. The van der Waals surface area contributed by atoms with Crippen molar-refractivity contribution in [2.75, 3.05) is 0 Å². The Labute approximate surface area is 87.1 Å². The fourth-order valence-electron chi connectivity index (χ4n) is 1.21. The Bertz CT molecular complexity index is 488. The van der Waals surface area contributed by atoms with E-state index in [0.717, 1.165) is 5.76 Å². The molecule has 2 aromatic rings.